The third-order valence-electron chi connectivity index (χ3n) is 4.73. The number of hydrogen-bond acceptors (Lipinski definition) is 2. The highest BCUT2D eigenvalue weighted by Crippen LogP contribution is 2.30. The summed E-state index contributed by atoms with van der Waals surface area (Å²) in [5.41, 5.74) is 3.09. The molecule has 2 nitrogen and oxygen atoms in total. The summed E-state index contributed by atoms with van der Waals surface area (Å²) in [6.45, 7) is 5.09. The Labute approximate surface area is 128 Å². The average Bonchev–Trinajstić information content (AvgIpc) is 2.49. The van der Waals surface area contributed by atoms with Gasteiger partial charge in [-0.2, -0.15) is 0 Å². The molecule has 2 bridgehead atoms. The Bertz CT molecular complexity index is 468. The van der Waals surface area contributed by atoms with Crippen molar-refractivity contribution in [3.05, 3.63) is 47.5 Å². The predicted octanol–water partition coefficient (Wildman–Crippen LogP) is 4.17. The summed E-state index contributed by atoms with van der Waals surface area (Å²) in [6.07, 6.45) is 9.00. The Hall–Kier alpha value is -1.12. The smallest absolute Gasteiger partial charge is 0.0658 e. The second-order valence-electron chi connectivity index (χ2n) is 6.40. The lowest BCUT2D eigenvalue weighted by Crippen LogP contribution is -2.53. The van der Waals surface area contributed by atoms with Gasteiger partial charge in [0.2, 0.25) is 0 Å². The van der Waals surface area contributed by atoms with Gasteiger partial charge in [0.15, 0.2) is 0 Å². The summed E-state index contributed by atoms with van der Waals surface area (Å²) in [6, 6.07) is 11.9. The van der Waals surface area contributed by atoms with Crippen LogP contribution in [0.25, 0.3) is 0 Å². The zero-order valence-electron chi connectivity index (χ0n) is 13.1. The molecule has 1 saturated heterocycles. The quantitative estimate of drug-likeness (QED) is 0.574. The zero-order valence-corrected chi connectivity index (χ0v) is 13.1. The van der Waals surface area contributed by atoms with E-state index >= 15 is 0 Å². The molecule has 1 fully saturated rings. The normalized spacial score (nSPS) is 25.7. The molecule has 0 aliphatic carbocycles. The highest BCUT2D eigenvalue weighted by atomic mass is 16.5. The summed E-state index contributed by atoms with van der Waals surface area (Å²) in [7, 11) is 0. The molecule has 3 rings (SSSR count). The summed E-state index contributed by atoms with van der Waals surface area (Å²) >= 11 is 0. The van der Waals surface area contributed by atoms with E-state index in [4.69, 9.17) is 4.74 Å². The van der Waals surface area contributed by atoms with Crippen LogP contribution in [0.15, 0.2) is 42.0 Å². The van der Waals surface area contributed by atoms with Gasteiger partial charge in [-0.1, -0.05) is 61.7 Å². The van der Waals surface area contributed by atoms with Gasteiger partial charge < -0.3 is 4.74 Å². The van der Waals surface area contributed by atoms with Crippen LogP contribution in [-0.4, -0.2) is 30.2 Å². The SMILES string of the molecule is CCCCCC1=CC2COCC(C1)N2Cc1ccccc1. The van der Waals surface area contributed by atoms with E-state index in [0.29, 0.717) is 12.1 Å². The van der Waals surface area contributed by atoms with Crippen LogP contribution in [0, 0.1) is 0 Å². The lowest BCUT2D eigenvalue weighted by Gasteiger charge is -2.45. The molecule has 2 heterocycles. The van der Waals surface area contributed by atoms with Crippen LogP contribution in [0.4, 0.5) is 0 Å². The van der Waals surface area contributed by atoms with Crippen molar-refractivity contribution in [3.8, 4) is 0 Å². The fraction of sp³-hybridized carbons (Fsp3) is 0.579. The van der Waals surface area contributed by atoms with E-state index in [-0.39, 0.29) is 0 Å². The van der Waals surface area contributed by atoms with Crippen molar-refractivity contribution < 1.29 is 4.74 Å². The van der Waals surface area contributed by atoms with Gasteiger partial charge in [-0.05, 0) is 24.8 Å². The van der Waals surface area contributed by atoms with Crippen LogP contribution in [0.5, 0.6) is 0 Å². The molecule has 114 valence electrons. The van der Waals surface area contributed by atoms with Crippen LogP contribution in [-0.2, 0) is 11.3 Å². The number of nitrogens with zero attached hydrogens (tertiary/aromatic N) is 1. The molecular formula is C19H27NO. The van der Waals surface area contributed by atoms with E-state index in [1.165, 1.54) is 37.7 Å². The molecule has 0 saturated carbocycles. The molecule has 0 aromatic heterocycles. The first-order chi connectivity index (χ1) is 10.4. The molecule has 2 heteroatoms. The number of fused-ring (bicyclic) bond motifs is 2. The lowest BCUT2D eigenvalue weighted by molar-refractivity contribution is -0.0442. The maximum Gasteiger partial charge on any atom is 0.0658 e. The fourth-order valence-corrected chi connectivity index (χ4v) is 3.58. The molecular weight excluding hydrogens is 258 g/mol. The Kier molecular flexibility index (Phi) is 5.10. The van der Waals surface area contributed by atoms with Crippen molar-refractivity contribution in [2.75, 3.05) is 13.2 Å². The molecule has 2 aliphatic heterocycles. The number of ether oxygens (including phenoxy) is 1. The van der Waals surface area contributed by atoms with Crippen molar-refractivity contribution >= 4 is 0 Å². The number of rotatable bonds is 6. The maximum atomic E-state index is 5.79. The minimum absolute atomic E-state index is 0.481. The van der Waals surface area contributed by atoms with Gasteiger partial charge in [0, 0.05) is 12.6 Å². The predicted molar refractivity (Wildman–Crippen MR) is 87.2 cm³/mol. The van der Waals surface area contributed by atoms with Gasteiger partial charge in [-0.3, -0.25) is 4.90 Å². The van der Waals surface area contributed by atoms with Gasteiger partial charge in [-0.15, -0.1) is 0 Å². The van der Waals surface area contributed by atoms with Crippen molar-refractivity contribution in [1.29, 1.82) is 0 Å². The van der Waals surface area contributed by atoms with Crippen LogP contribution < -0.4 is 0 Å². The summed E-state index contributed by atoms with van der Waals surface area (Å²) < 4.78 is 5.79. The zero-order chi connectivity index (χ0) is 14.5. The molecule has 1 aromatic carbocycles. The molecule has 0 N–H and O–H groups in total. The molecule has 1 aromatic rings. The first-order valence-electron chi connectivity index (χ1n) is 8.44. The number of benzene rings is 1. The van der Waals surface area contributed by atoms with Crippen molar-refractivity contribution in [2.45, 2.75) is 57.7 Å². The highest BCUT2D eigenvalue weighted by molar-refractivity contribution is 5.19. The van der Waals surface area contributed by atoms with Gasteiger partial charge in [0.05, 0.1) is 19.3 Å². The fourth-order valence-electron chi connectivity index (χ4n) is 3.58. The molecule has 0 spiro atoms. The standard InChI is InChI=1S/C19H27NO/c1-2-3-5-10-17-11-18-14-21-15-19(12-17)20(18)13-16-8-6-4-7-9-16/h4,6-9,11,18-19H,2-3,5,10,12-15H2,1H3. The summed E-state index contributed by atoms with van der Waals surface area (Å²) in [5.74, 6) is 0. The van der Waals surface area contributed by atoms with Crippen LogP contribution in [0.2, 0.25) is 0 Å². The topological polar surface area (TPSA) is 12.5 Å². The molecule has 2 atom stereocenters. The summed E-state index contributed by atoms with van der Waals surface area (Å²) in [4.78, 5) is 2.64. The van der Waals surface area contributed by atoms with Gasteiger partial charge in [-0.25, -0.2) is 0 Å². The second-order valence-corrected chi connectivity index (χ2v) is 6.40. The van der Waals surface area contributed by atoms with Crippen LogP contribution >= 0.6 is 0 Å². The van der Waals surface area contributed by atoms with Crippen molar-refractivity contribution in [2.24, 2.45) is 0 Å². The third-order valence-corrected chi connectivity index (χ3v) is 4.73. The average molecular weight is 285 g/mol. The number of unbranched alkanes of at least 4 members (excludes halogenated alkanes) is 2. The molecule has 0 amide bonds. The highest BCUT2D eigenvalue weighted by Gasteiger charge is 2.34. The van der Waals surface area contributed by atoms with Crippen molar-refractivity contribution in [3.63, 3.8) is 0 Å². The lowest BCUT2D eigenvalue weighted by atomic mass is 9.90. The van der Waals surface area contributed by atoms with Gasteiger partial charge in [0.1, 0.15) is 0 Å². The molecule has 2 aliphatic rings. The molecule has 0 radical (unpaired) electrons. The minimum atomic E-state index is 0.481. The second kappa shape index (κ2) is 7.24. The Morgan fingerprint density at radius 1 is 1.14 bits per heavy atom. The monoisotopic (exact) mass is 285 g/mol. The number of morpholine rings is 1. The summed E-state index contributed by atoms with van der Waals surface area (Å²) in [5, 5.41) is 0. The Morgan fingerprint density at radius 2 is 2.00 bits per heavy atom. The third kappa shape index (κ3) is 3.75. The molecule has 21 heavy (non-hydrogen) atoms. The van der Waals surface area contributed by atoms with Gasteiger partial charge >= 0.3 is 0 Å². The van der Waals surface area contributed by atoms with E-state index in [2.05, 4.69) is 48.2 Å². The van der Waals surface area contributed by atoms with E-state index in [1.807, 2.05) is 0 Å². The van der Waals surface area contributed by atoms with E-state index < -0.39 is 0 Å². The Morgan fingerprint density at radius 3 is 2.76 bits per heavy atom. The van der Waals surface area contributed by atoms with E-state index in [1.54, 1.807) is 5.57 Å². The maximum absolute atomic E-state index is 5.79. The Balaban J connectivity index is 1.66. The molecule has 2 unspecified atom stereocenters. The number of hydrogen-bond donors (Lipinski definition) is 0. The largest absolute Gasteiger partial charge is 0.378 e. The van der Waals surface area contributed by atoms with E-state index in [9.17, 15) is 0 Å². The van der Waals surface area contributed by atoms with Crippen LogP contribution in [0.3, 0.4) is 0 Å². The van der Waals surface area contributed by atoms with Crippen LogP contribution in [0.1, 0.15) is 44.6 Å². The van der Waals surface area contributed by atoms with E-state index in [0.717, 1.165) is 19.8 Å². The van der Waals surface area contributed by atoms with Gasteiger partial charge in [0.25, 0.3) is 0 Å². The first kappa shape index (κ1) is 14.8. The minimum Gasteiger partial charge on any atom is -0.378 e. The first-order valence-corrected chi connectivity index (χ1v) is 8.44. The van der Waals surface area contributed by atoms with Crippen molar-refractivity contribution in [1.82, 2.24) is 4.90 Å².